The van der Waals surface area contributed by atoms with Crippen molar-refractivity contribution in [3.05, 3.63) is 0 Å². The van der Waals surface area contributed by atoms with Crippen molar-refractivity contribution in [3.8, 4) is 0 Å². The molecule has 2 nitrogen and oxygen atoms in total. The summed E-state index contributed by atoms with van der Waals surface area (Å²) in [6, 6.07) is 2.33. The molecule has 2 heteroatoms. The SMILES string of the molecule is CC1C2CCC(CN1C)N2. The Labute approximate surface area is 62.6 Å². The Morgan fingerprint density at radius 2 is 2.20 bits per heavy atom. The number of rotatable bonds is 0. The van der Waals surface area contributed by atoms with Gasteiger partial charge in [-0.3, -0.25) is 0 Å². The fraction of sp³-hybridized carbons (Fsp3) is 1.00. The quantitative estimate of drug-likeness (QED) is 0.525. The molecule has 0 aromatic heterocycles. The molecule has 0 radical (unpaired) electrons. The second kappa shape index (κ2) is 2.21. The number of nitrogens with zero attached hydrogens (tertiary/aromatic N) is 1. The fourth-order valence-electron chi connectivity index (χ4n) is 2.20. The van der Waals surface area contributed by atoms with E-state index in [0.717, 1.165) is 18.1 Å². The van der Waals surface area contributed by atoms with Gasteiger partial charge in [-0.15, -0.1) is 0 Å². The summed E-state index contributed by atoms with van der Waals surface area (Å²) in [6.07, 6.45) is 2.77. The molecule has 58 valence electrons. The lowest BCUT2D eigenvalue weighted by molar-refractivity contribution is 0.165. The molecule has 3 unspecified atom stereocenters. The molecular formula is C8H16N2. The van der Waals surface area contributed by atoms with Crippen molar-refractivity contribution in [1.82, 2.24) is 10.2 Å². The number of fused-ring (bicyclic) bond motifs is 2. The van der Waals surface area contributed by atoms with E-state index >= 15 is 0 Å². The summed E-state index contributed by atoms with van der Waals surface area (Å²) in [5.74, 6) is 0. The zero-order valence-corrected chi connectivity index (χ0v) is 6.80. The molecule has 0 aromatic rings. The third-order valence-electron chi connectivity index (χ3n) is 3.06. The smallest absolute Gasteiger partial charge is 0.0224 e. The minimum absolute atomic E-state index is 0.749. The van der Waals surface area contributed by atoms with Crippen LogP contribution in [0.15, 0.2) is 0 Å². The molecule has 3 atom stereocenters. The Morgan fingerprint density at radius 3 is 3.00 bits per heavy atom. The predicted molar refractivity (Wildman–Crippen MR) is 42.0 cm³/mol. The zero-order chi connectivity index (χ0) is 7.14. The van der Waals surface area contributed by atoms with Crippen LogP contribution in [-0.4, -0.2) is 36.6 Å². The largest absolute Gasteiger partial charge is 0.308 e. The highest BCUT2D eigenvalue weighted by Gasteiger charge is 2.35. The van der Waals surface area contributed by atoms with Gasteiger partial charge in [-0.25, -0.2) is 0 Å². The van der Waals surface area contributed by atoms with Gasteiger partial charge in [-0.05, 0) is 26.8 Å². The molecular weight excluding hydrogens is 124 g/mol. The van der Waals surface area contributed by atoms with Crippen molar-refractivity contribution in [1.29, 1.82) is 0 Å². The Kier molecular flexibility index (Phi) is 1.46. The third-order valence-corrected chi connectivity index (χ3v) is 3.06. The zero-order valence-electron chi connectivity index (χ0n) is 6.80. The molecule has 2 bridgehead atoms. The highest BCUT2D eigenvalue weighted by molar-refractivity contribution is 4.96. The molecule has 0 spiro atoms. The highest BCUT2D eigenvalue weighted by Crippen LogP contribution is 2.23. The predicted octanol–water partition coefficient (Wildman–Crippen LogP) is 0.441. The van der Waals surface area contributed by atoms with Crippen molar-refractivity contribution >= 4 is 0 Å². The van der Waals surface area contributed by atoms with Crippen LogP contribution in [0.2, 0.25) is 0 Å². The van der Waals surface area contributed by atoms with Crippen molar-refractivity contribution in [3.63, 3.8) is 0 Å². The van der Waals surface area contributed by atoms with Crippen LogP contribution in [0.3, 0.4) is 0 Å². The number of hydrogen-bond acceptors (Lipinski definition) is 2. The Balaban J connectivity index is 2.09. The van der Waals surface area contributed by atoms with Crippen molar-refractivity contribution in [2.45, 2.75) is 37.9 Å². The minimum atomic E-state index is 0.749. The Bertz CT molecular complexity index is 135. The van der Waals surface area contributed by atoms with Gasteiger partial charge in [0, 0.05) is 24.7 Å². The first kappa shape index (κ1) is 6.62. The number of hydrogen-bond donors (Lipinski definition) is 1. The lowest BCUT2D eigenvalue weighted by Gasteiger charge is -2.36. The summed E-state index contributed by atoms with van der Waals surface area (Å²) in [7, 11) is 2.23. The van der Waals surface area contributed by atoms with Crippen LogP contribution in [0.1, 0.15) is 19.8 Å². The van der Waals surface area contributed by atoms with Crippen LogP contribution in [0.4, 0.5) is 0 Å². The van der Waals surface area contributed by atoms with Crippen molar-refractivity contribution < 1.29 is 0 Å². The molecule has 2 rings (SSSR count). The molecule has 0 amide bonds. The van der Waals surface area contributed by atoms with Crippen LogP contribution in [0.25, 0.3) is 0 Å². The van der Waals surface area contributed by atoms with Crippen LogP contribution in [0, 0.1) is 0 Å². The number of piperazine rings is 1. The van der Waals surface area contributed by atoms with Gasteiger partial charge in [0.05, 0.1) is 0 Å². The second-order valence-electron chi connectivity index (χ2n) is 3.73. The van der Waals surface area contributed by atoms with Crippen LogP contribution >= 0.6 is 0 Å². The average molecular weight is 140 g/mol. The summed E-state index contributed by atoms with van der Waals surface area (Å²) in [4.78, 5) is 2.47. The minimum Gasteiger partial charge on any atom is -0.308 e. The van der Waals surface area contributed by atoms with E-state index in [1.54, 1.807) is 0 Å². The van der Waals surface area contributed by atoms with Gasteiger partial charge in [-0.1, -0.05) is 0 Å². The summed E-state index contributed by atoms with van der Waals surface area (Å²) in [5.41, 5.74) is 0. The monoisotopic (exact) mass is 140 g/mol. The van der Waals surface area contributed by atoms with E-state index in [9.17, 15) is 0 Å². The van der Waals surface area contributed by atoms with Gasteiger partial charge in [0.15, 0.2) is 0 Å². The number of nitrogens with one attached hydrogen (secondary N) is 1. The van der Waals surface area contributed by atoms with E-state index in [0.29, 0.717) is 0 Å². The Hall–Kier alpha value is -0.0800. The standard InChI is InChI=1S/C8H16N2/c1-6-8-4-3-7(9-8)5-10(6)2/h6-9H,3-5H2,1-2H3. The van der Waals surface area contributed by atoms with Crippen LogP contribution in [0.5, 0.6) is 0 Å². The van der Waals surface area contributed by atoms with E-state index in [4.69, 9.17) is 0 Å². The second-order valence-corrected chi connectivity index (χ2v) is 3.73. The topological polar surface area (TPSA) is 15.3 Å². The summed E-state index contributed by atoms with van der Waals surface area (Å²) in [6.45, 7) is 3.57. The molecule has 0 aliphatic carbocycles. The molecule has 2 aliphatic rings. The first-order valence-corrected chi connectivity index (χ1v) is 4.23. The summed E-state index contributed by atoms with van der Waals surface area (Å²) >= 11 is 0. The van der Waals surface area contributed by atoms with E-state index in [1.807, 2.05) is 0 Å². The van der Waals surface area contributed by atoms with E-state index in [2.05, 4.69) is 24.2 Å². The molecule has 10 heavy (non-hydrogen) atoms. The summed E-state index contributed by atoms with van der Waals surface area (Å²) < 4.78 is 0. The molecule has 0 saturated carbocycles. The maximum atomic E-state index is 3.63. The van der Waals surface area contributed by atoms with E-state index in [1.165, 1.54) is 19.4 Å². The molecule has 1 N–H and O–H groups in total. The first-order valence-electron chi connectivity index (χ1n) is 4.23. The van der Waals surface area contributed by atoms with Gasteiger partial charge in [-0.2, -0.15) is 0 Å². The molecule has 2 saturated heterocycles. The van der Waals surface area contributed by atoms with Gasteiger partial charge < -0.3 is 10.2 Å². The maximum Gasteiger partial charge on any atom is 0.0224 e. The van der Waals surface area contributed by atoms with Gasteiger partial charge in [0.25, 0.3) is 0 Å². The van der Waals surface area contributed by atoms with Gasteiger partial charge >= 0.3 is 0 Å². The lowest BCUT2D eigenvalue weighted by atomic mass is 10.1. The maximum absolute atomic E-state index is 3.63. The lowest BCUT2D eigenvalue weighted by Crippen LogP contribution is -2.54. The van der Waals surface area contributed by atoms with E-state index in [-0.39, 0.29) is 0 Å². The normalized spacial score (nSPS) is 48.0. The van der Waals surface area contributed by atoms with Gasteiger partial charge in [0.1, 0.15) is 0 Å². The van der Waals surface area contributed by atoms with Crippen molar-refractivity contribution in [2.24, 2.45) is 0 Å². The van der Waals surface area contributed by atoms with Crippen molar-refractivity contribution in [2.75, 3.05) is 13.6 Å². The number of likely N-dealkylation sites (N-methyl/N-ethyl adjacent to an activating group) is 1. The Morgan fingerprint density at radius 1 is 1.40 bits per heavy atom. The molecule has 2 heterocycles. The van der Waals surface area contributed by atoms with Gasteiger partial charge in [0.2, 0.25) is 0 Å². The molecule has 0 aromatic carbocycles. The highest BCUT2D eigenvalue weighted by atomic mass is 15.2. The molecule has 2 fully saturated rings. The van der Waals surface area contributed by atoms with Crippen LogP contribution in [-0.2, 0) is 0 Å². The average Bonchev–Trinajstić information content (AvgIpc) is 2.29. The first-order chi connectivity index (χ1) is 4.77. The fourth-order valence-corrected chi connectivity index (χ4v) is 2.20. The summed E-state index contributed by atoms with van der Waals surface area (Å²) in [5, 5.41) is 3.63. The number of likely N-dealkylation sites (tertiary alicyclic amines) is 1. The molecule has 2 aliphatic heterocycles. The third kappa shape index (κ3) is 0.867. The van der Waals surface area contributed by atoms with E-state index < -0.39 is 0 Å². The van der Waals surface area contributed by atoms with Crippen LogP contribution < -0.4 is 5.32 Å².